The number of benzene rings is 2. The van der Waals surface area contributed by atoms with Crippen molar-refractivity contribution < 1.29 is 4.39 Å². The molecule has 96 valence electrons. The van der Waals surface area contributed by atoms with Gasteiger partial charge in [-0.15, -0.1) is 0 Å². The van der Waals surface area contributed by atoms with Gasteiger partial charge in [0.05, 0.1) is 11.7 Å². The summed E-state index contributed by atoms with van der Waals surface area (Å²) in [6, 6.07) is 10.8. The number of aromatic amines is 1. The molecule has 19 heavy (non-hydrogen) atoms. The second kappa shape index (κ2) is 5.01. The smallest absolute Gasteiger partial charge is 0.128 e. The predicted molar refractivity (Wildman–Crippen MR) is 77.5 cm³/mol. The minimum atomic E-state index is -0.213. The van der Waals surface area contributed by atoms with E-state index in [4.69, 9.17) is 0 Å². The van der Waals surface area contributed by atoms with Crippen LogP contribution in [0.1, 0.15) is 5.56 Å². The molecular weight excluding hydrogens is 309 g/mol. The molecule has 0 spiro atoms. The molecule has 0 aliphatic carbocycles. The maximum Gasteiger partial charge on any atom is 0.128 e. The van der Waals surface area contributed by atoms with E-state index in [1.54, 1.807) is 18.3 Å². The lowest BCUT2D eigenvalue weighted by Gasteiger charge is -2.08. The van der Waals surface area contributed by atoms with Crippen LogP contribution in [0, 0.1) is 5.82 Å². The van der Waals surface area contributed by atoms with Crippen molar-refractivity contribution in [2.45, 2.75) is 6.54 Å². The van der Waals surface area contributed by atoms with Crippen molar-refractivity contribution in [1.82, 2.24) is 10.2 Å². The average molecular weight is 320 g/mol. The molecule has 0 aliphatic rings. The van der Waals surface area contributed by atoms with Gasteiger partial charge in [-0.3, -0.25) is 5.10 Å². The van der Waals surface area contributed by atoms with E-state index in [0.717, 1.165) is 21.1 Å². The first-order valence-electron chi connectivity index (χ1n) is 5.84. The van der Waals surface area contributed by atoms with E-state index in [1.807, 2.05) is 18.2 Å². The molecule has 3 nitrogen and oxygen atoms in total. The molecule has 0 fully saturated rings. The maximum atomic E-state index is 13.6. The Hall–Kier alpha value is -1.88. The van der Waals surface area contributed by atoms with Gasteiger partial charge in [0, 0.05) is 27.7 Å². The number of hydrogen-bond acceptors (Lipinski definition) is 2. The second-order valence-electron chi connectivity index (χ2n) is 4.23. The predicted octanol–water partition coefficient (Wildman–Crippen LogP) is 4.08. The minimum Gasteiger partial charge on any atom is -0.380 e. The summed E-state index contributed by atoms with van der Waals surface area (Å²) < 4.78 is 14.5. The van der Waals surface area contributed by atoms with Crippen LogP contribution in [0.4, 0.5) is 10.1 Å². The zero-order valence-corrected chi connectivity index (χ0v) is 11.5. The topological polar surface area (TPSA) is 40.7 Å². The lowest BCUT2D eigenvalue weighted by molar-refractivity contribution is 0.612. The maximum absolute atomic E-state index is 13.6. The zero-order valence-electron chi connectivity index (χ0n) is 9.95. The number of nitrogens with zero attached hydrogens (tertiary/aromatic N) is 1. The third-order valence-corrected chi connectivity index (χ3v) is 3.46. The van der Waals surface area contributed by atoms with E-state index in [1.165, 1.54) is 6.07 Å². The Bertz CT molecular complexity index is 724. The van der Waals surface area contributed by atoms with Crippen molar-refractivity contribution in [2.75, 3.05) is 5.32 Å². The van der Waals surface area contributed by atoms with Gasteiger partial charge in [-0.25, -0.2) is 4.39 Å². The summed E-state index contributed by atoms with van der Waals surface area (Å²) in [6.45, 7) is 0.426. The molecule has 0 atom stereocenters. The minimum absolute atomic E-state index is 0.213. The van der Waals surface area contributed by atoms with Crippen molar-refractivity contribution >= 4 is 32.5 Å². The Labute approximate surface area is 118 Å². The number of H-pyrrole nitrogens is 1. The Morgan fingerprint density at radius 3 is 3.05 bits per heavy atom. The molecule has 5 heteroatoms. The number of hydrogen-bond donors (Lipinski definition) is 2. The van der Waals surface area contributed by atoms with Crippen LogP contribution in [-0.4, -0.2) is 10.2 Å². The molecule has 1 heterocycles. The lowest BCUT2D eigenvalue weighted by Crippen LogP contribution is -2.02. The molecular formula is C14H11BrFN3. The van der Waals surface area contributed by atoms with Crippen LogP contribution < -0.4 is 5.32 Å². The largest absolute Gasteiger partial charge is 0.380 e. The number of rotatable bonds is 3. The highest BCUT2D eigenvalue weighted by atomic mass is 79.9. The average Bonchev–Trinajstić information content (AvgIpc) is 2.88. The summed E-state index contributed by atoms with van der Waals surface area (Å²) in [5.74, 6) is -0.213. The van der Waals surface area contributed by atoms with E-state index < -0.39 is 0 Å². The van der Waals surface area contributed by atoms with Gasteiger partial charge >= 0.3 is 0 Å². The summed E-state index contributed by atoms with van der Waals surface area (Å²) >= 11 is 3.35. The molecule has 0 amide bonds. The van der Waals surface area contributed by atoms with Crippen LogP contribution >= 0.6 is 15.9 Å². The monoisotopic (exact) mass is 319 g/mol. The number of halogens is 2. The third kappa shape index (κ3) is 2.46. The van der Waals surface area contributed by atoms with E-state index in [-0.39, 0.29) is 5.82 Å². The Morgan fingerprint density at radius 1 is 1.26 bits per heavy atom. The van der Waals surface area contributed by atoms with Gasteiger partial charge in [0.1, 0.15) is 5.82 Å². The van der Waals surface area contributed by atoms with Crippen LogP contribution in [0.15, 0.2) is 47.1 Å². The first-order valence-corrected chi connectivity index (χ1v) is 6.63. The fourth-order valence-electron chi connectivity index (χ4n) is 1.99. The van der Waals surface area contributed by atoms with Gasteiger partial charge in [0.25, 0.3) is 0 Å². The van der Waals surface area contributed by atoms with E-state index >= 15 is 0 Å². The third-order valence-electron chi connectivity index (χ3n) is 2.96. The SMILES string of the molecule is Fc1ccc(Br)cc1CNc1cccc2[nH]ncc12. The van der Waals surface area contributed by atoms with Gasteiger partial charge < -0.3 is 5.32 Å². The quantitative estimate of drug-likeness (QED) is 0.763. The first kappa shape index (κ1) is 12.2. The standard InChI is InChI=1S/C14H11BrFN3/c15-10-4-5-12(16)9(6-10)7-17-13-2-1-3-14-11(13)8-18-19-14/h1-6,8,17H,7H2,(H,18,19). The molecule has 0 saturated heterocycles. The molecule has 0 bridgehead atoms. The summed E-state index contributed by atoms with van der Waals surface area (Å²) in [4.78, 5) is 0. The molecule has 0 unspecified atom stereocenters. The molecule has 2 aromatic carbocycles. The normalized spacial score (nSPS) is 10.8. The van der Waals surface area contributed by atoms with Crippen molar-refractivity contribution in [1.29, 1.82) is 0 Å². The number of aromatic nitrogens is 2. The van der Waals surface area contributed by atoms with Crippen molar-refractivity contribution in [2.24, 2.45) is 0 Å². The molecule has 3 aromatic rings. The van der Waals surface area contributed by atoms with Gasteiger partial charge in [0.15, 0.2) is 0 Å². The Kier molecular flexibility index (Phi) is 3.21. The molecule has 3 rings (SSSR count). The fourth-order valence-corrected chi connectivity index (χ4v) is 2.40. The van der Waals surface area contributed by atoms with Gasteiger partial charge in [-0.05, 0) is 30.3 Å². The van der Waals surface area contributed by atoms with Crippen LogP contribution in [0.3, 0.4) is 0 Å². The Morgan fingerprint density at radius 2 is 2.16 bits per heavy atom. The van der Waals surface area contributed by atoms with Crippen LogP contribution in [0.2, 0.25) is 0 Å². The molecule has 0 aliphatic heterocycles. The first-order chi connectivity index (χ1) is 9.24. The van der Waals surface area contributed by atoms with Gasteiger partial charge in [-0.1, -0.05) is 22.0 Å². The molecule has 0 saturated carbocycles. The highest BCUT2D eigenvalue weighted by Crippen LogP contribution is 2.23. The molecule has 0 radical (unpaired) electrons. The summed E-state index contributed by atoms with van der Waals surface area (Å²) in [5.41, 5.74) is 2.51. The molecule has 2 N–H and O–H groups in total. The number of fused-ring (bicyclic) bond motifs is 1. The summed E-state index contributed by atoms with van der Waals surface area (Å²) in [6.07, 6.45) is 1.76. The van der Waals surface area contributed by atoms with Gasteiger partial charge in [-0.2, -0.15) is 5.10 Å². The van der Waals surface area contributed by atoms with E-state index in [2.05, 4.69) is 31.4 Å². The number of anilines is 1. The highest BCUT2D eigenvalue weighted by Gasteiger charge is 2.05. The van der Waals surface area contributed by atoms with Gasteiger partial charge in [0.2, 0.25) is 0 Å². The summed E-state index contributed by atoms with van der Waals surface area (Å²) in [7, 11) is 0. The Balaban J connectivity index is 1.86. The van der Waals surface area contributed by atoms with Crippen LogP contribution in [0.25, 0.3) is 10.9 Å². The van der Waals surface area contributed by atoms with Crippen molar-refractivity contribution in [3.05, 3.63) is 58.4 Å². The second-order valence-corrected chi connectivity index (χ2v) is 5.14. The van der Waals surface area contributed by atoms with E-state index in [0.29, 0.717) is 12.1 Å². The molecule has 1 aromatic heterocycles. The fraction of sp³-hybridized carbons (Fsp3) is 0.0714. The van der Waals surface area contributed by atoms with Crippen molar-refractivity contribution in [3.63, 3.8) is 0 Å². The van der Waals surface area contributed by atoms with E-state index in [9.17, 15) is 4.39 Å². The highest BCUT2D eigenvalue weighted by molar-refractivity contribution is 9.10. The van der Waals surface area contributed by atoms with Crippen LogP contribution in [0.5, 0.6) is 0 Å². The number of nitrogens with one attached hydrogen (secondary N) is 2. The lowest BCUT2D eigenvalue weighted by atomic mass is 10.2. The summed E-state index contributed by atoms with van der Waals surface area (Å²) in [5, 5.41) is 11.1. The van der Waals surface area contributed by atoms with Crippen LogP contribution in [-0.2, 0) is 6.54 Å². The van der Waals surface area contributed by atoms with Crippen molar-refractivity contribution in [3.8, 4) is 0 Å². The zero-order chi connectivity index (χ0) is 13.2.